The molecule has 1 heterocycles. The number of nitrogens with one attached hydrogen (secondary N) is 2. The SMILES string of the molecule is CC(=O)Nc1ccc(C(F)(F)F)cc1-c1ccc(-c2cc(C(F)(F)F)ccc2NC(C)=O)nc1. The maximum Gasteiger partial charge on any atom is 0.416 e. The molecule has 0 aliphatic heterocycles. The van der Waals surface area contributed by atoms with E-state index in [1.807, 2.05) is 0 Å². The number of aromatic nitrogens is 1. The lowest BCUT2D eigenvalue weighted by molar-refractivity contribution is -0.138. The van der Waals surface area contributed by atoms with Gasteiger partial charge in [0.05, 0.1) is 22.5 Å². The first-order valence-corrected chi connectivity index (χ1v) is 9.70. The Balaban J connectivity index is 2.11. The maximum absolute atomic E-state index is 13.2. The van der Waals surface area contributed by atoms with Gasteiger partial charge in [0, 0.05) is 42.4 Å². The predicted molar refractivity (Wildman–Crippen MR) is 114 cm³/mol. The number of benzene rings is 2. The van der Waals surface area contributed by atoms with Crippen molar-refractivity contribution in [3.05, 3.63) is 65.9 Å². The number of hydrogen-bond donors (Lipinski definition) is 2. The number of carbonyl (C=O) groups excluding carboxylic acids is 2. The monoisotopic (exact) mass is 481 g/mol. The summed E-state index contributed by atoms with van der Waals surface area (Å²) in [4.78, 5) is 27.1. The van der Waals surface area contributed by atoms with Crippen molar-refractivity contribution >= 4 is 23.2 Å². The van der Waals surface area contributed by atoms with Gasteiger partial charge in [0.1, 0.15) is 0 Å². The van der Waals surface area contributed by atoms with Crippen LogP contribution in [0.4, 0.5) is 37.7 Å². The summed E-state index contributed by atoms with van der Waals surface area (Å²) in [6.45, 7) is 2.38. The van der Waals surface area contributed by atoms with Gasteiger partial charge < -0.3 is 10.6 Å². The maximum atomic E-state index is 13.2. The summed E-state index contributed by atoms with van der Waals surface area (Å²) in [6.07, 6.45) is -8.11. The van der Waals surface area contributed by atoms with Crippen LogP contribution in [0.25, 0.3) is 22.4 Å². The van der Waals surface area contributed by atoms with Gasteiger partial charge in [-0.2, -0.15) is 26.3 Å². The summed E-state index contributed by atoms with van der Waals surface area (Å²) in [7, 11) is 0. The second-order valence-electron chi connectivity index (χ2n) is 7.31. The summed E-state index contributed by atoms with van der Waals surface area (Å²) in [5, 5.41) is 4.88. The van der Waals surface area contributed by atoms with Crippen LogP contribution in [0, 0.1) is 0 Å². The molecule has 3 aromatic rings. The number of nitrogens with zero attached hydrogens (tertiary/aromatic N) is 1. The van der Waals surface area contributed by atoms with Gasteiger partial charge in [-0.15, -0.1) is 0 Å². The molecule has 0 fully saturated rings. The molecule has 0 bridgehead atoms. The number of carbonyl (C=O) groups is 2. The highest BCUT2D eigenvalue weighted by Gasteiger charge is 2.32. The average molecular weight is 481 g/mol. The van der Waals surface area contributed by atoms with E-state index in [0.29, 0.717) is 0 Å². The lowest BCUT2D eigenvalue weighted by Crippen LogP contribution is -2.10. The van der Waals surface area contributed by atoms with Crippen LogP contribution in [-0.4, -0.2) is 16.8 Å². The van der Waals surface area contributed by atoms with Gasteiger partial charge in [-0.3, -0.25) is 14.6 Å². The van der Waals surface area contributed by atoms with Crippen LogP contribution < -0.4 is 10.6 Å². The topological polar surface area (TPSA) is 71.1 Å². The molecule has 2 aromatic carbocycles. The molecule has 2 N–H and O–H groups in total. The Morgan fingerprint density at radius 3 is 1.59 bits per heavy atom. The minimum atomic E-state index is -4.64. The zero-order chi connectivity index (χ0) is 25.3. The number of amides is 2. The number of halogens is 6. The highest BCUT2D eigenvalue weighted by molar-refractivity contribution is 5.95. The molecule has 0 aliphatic rings. The Morgan fingerprint density at radius 2 is 1.18 bits per heavy atom. The number of rotatable bonds is 4. The van der Waals surface area contributed by atoms with Crippen LogP contribution in [0.15, 0.2) is 54.7 Å². The molecule has 0 atom stereocenters. The largest absolute Gasteiger partial charge is 0.416 e. The van der Waals surface area contributed by atoms with Crippen molar-refractivity contribution < 1.29 is 35.9 Å². The van der Waals surface area contributed by atoms with E-state index in [-0.39, 0.29) is 33.8 Å². The molecule has 5 nitrogen and oxygen atoms in total. The molecule has 0 saturated carbocycles. The quantitative estimate of drug-likeness (QED) is 0.426. The molecular weight excluding hydrogens is 464 g/mol. The fourth-order valence-corrected chi connectivity index (χ4v) is 3.20. The van der Waals surface area contributed by atoms with Crippen molar-refractivity contribution in [2.45, 2.75) is 26.2 Å². The summed E-state index contributed by atoms with van der Waals surface area (Å²) in [5.74, 6) is -1.02. The predicted octanol–water partition coefficient (Wildman–Crippen LogP) is 6.37. The minimum Gasteiger partial charge on any atom is -0.326 e. The first kappa shape index (κ1) is 24.7. The number of alkyl halides is 6. The molecule has 11 heteroatoms. The Kier molecular flexibility index (Phi) is 6.67. The number of hydrogen-bond acceptors (Lipinski definition) is 3. The van der Waals surface area contributed by atoms with E-state index in [9.17, 15) is 35.9 Å². The standard InChI is InChI=1S/C23H17F6N3O2/c1-12(33)31-20-7-4-15(22(24,25)26)9-17(20)14-3-6-19(30-11-14)18-10-16(23(27,28)29)5-8-21(18)32-13(2)34/h3-11H,1-2H3,(H,31,33)(H,32,34). The molecule has 0 radical (unpaired) electrons. The van der Waals surface area contributed by atoms with E-state index in [1.165, 1.54) is 32.2 Å². The summed E-state index contributed by atoms with van der Waals surface area (Å²) < 4.78 is 79.3. The van der Waals surface area contributed by atoms with E-state index >= 15 is 0 Å². The van der Waals surface area contributed by atoms with Crippen LogP contribution >= 0.6 is 0 Å². The van der Waals surface area contributed by atoms with Gasteiger partial charge in [-0.25, -0.2) is 0 Å². The number of anilines is 2. The van der Waals surface area contributed by atoms with Gasteiger partial charge in [-0.05, 0) is 42.5 Å². The van der Waals surface area contributed by atoms with Crippen molar-refractivity contribution in [2.75, 3.05) is 10.6 Å². The van der Waals surface area contributed by atoms with Crippen LogP contribution in [-0.2, 0) is 21.9 Å². The average Bonchev–Trinajstić information content (AvgIpc) is 2.72. The van der Waals surface area contributed by atoms with Crippen LogP contribution in [0.1, 0.15) is 25.0 Å². The second-order valence-corrected chi connectivity index (χ2v) is 7.31. The van der Waals surface area contributed by atoms with Crippen LogP contribution in [0.5, 0.6) is 0 Å². The van der Waals surface area contributed by atoms with Crippen LogP contribution in [0.2, 0.25) is 0 Å². The Labute approximate surface area is 189 Å². The zero-order valence-corrected chi connectivity index (χ0v) is 17.7. The third-order valence-electron chi connectivity index (χ3n) is 4.67. The van der Waals surface area contributed by atoms with E-state index in [0.717, 1.165) is 36.4 Å². The van der Waals surface area contributed by atoms with Gasteiger partial charge in [-0.1, -0.05) is 6.07 Å². The van der Waals surface area contributed by atoms with Crippen molar-refractivity contribution in [1.29, 1.82) is 0 Å². The third kappa shape index (κ3) is 5.72. The van der Waals surface area contributed by atoms with Crippen molar-refractivity contribution in [3.8, 4) is 22.4 Å². The minimum absolute atomic E-state index is 0.0233. The molecule has 0 saturated heterocycles. The molecule has 34 heavy (non-hydrogen) atoms. The highest BCUT2D eigenvalue weighted by Crippen LogP contribution is 2.38. The fraction of sp³-hybridized carbons (Fsp3) is 0.174. The molecule has 0 aliphatic carbocycles. The van der Waals surface area contributed by atoms with Crippen molar-refractivity contribution in [3.63, 3.8) is 0 Å². The van der Waals surface area contributed by atoms with Gasteiger partial charge in [0.15, 0.2) is 0 Å². The molecular formula is C23H17F6N3O2. The van der Waals surface area contributed by atoms with Gasteiger partial charge >= 0.3 is 12.4 Å². The van der Waals surface area contributed by atoms with Crippen LogP contribution in [0.3, 0.4) is 0 Å². The Morgan fingerprint density at radius 1 is 0.706 bits per heavy atom. The van der Waals surface area contributed by atoms with Gasteiger partial charge in [0.2, 0.25) is 11.8 Å². The summed E-state index contributed by atoms with van der Waals surface area (Å²) >= 11 is 0. The Hall–Kier alpha value is -3.89. The third-order valence-corrected chi connectivity index (χ3v) is 4.67. The highest BCUT2D eigenvalue weighted by atomic mass is 19.4. The number of pyridine rings is 1. The lowest BCUT2D eigenvalue weighted by Gasteiger charge is -2.16. The zero-order valence-electron chi connectivity index (χ0n) is 17.7. The van der Waals surface area contributed by atoms with Gasteiger partial charge in [0.25, 0.3) is 0 Å². The smallest absolute Gasteiger partial charge is 0.326 e. The fourth-order valence-electron chi connectivity index (χ4n) is 3.20. The second kappa shape index (κ2) is 9.16. The van der Waals surface area contributed by atoms with E-state index in [1.54, 1.807) is 0 Å². The van der Waals surface area contributed by atoms with Crippen molar-refractivity contribution in [2.24, 2.45) is 0 Å². The summed E-state index contributed by atoms with van der Waals surface area (Å²) in [5.41, 5.74) is -1.50. The van der Waals surface area contributed by atoms with E-state index in [4.69, 9.17) is 0 Å². The Bertz CT molecular complexity index is 1140. The molecule has 1 aromatic heterocycles. The van der Waals surface area contributed by atoms with E-state index in [2.05, 4.69) is 15.6 Å². The van der Waals surface area contributed by atoms with E-state index < -0.39 is 35.3 Å². The first-order valence-electron chi connectivity index (χ1n) is 9.70. The first-order chi connectivity index (χ1) is 15.8. The molecule has 2 amide bonds. The molecule has 178 valence electrons. The normalized spacial score (nSPS) is 11.8. The molecule has 0 spiro atoms. The van der Waals surface area contributed by atoms with Crippen molar-refractivity contribution in [1.82, 2.24) is 4.98 Å². The lowest BCUT2D eigenvalue weighted by atomic mass is 10.00. The molecule has 0 unspecified atom stereocenters. The molecule has 3 rings (SSSR count). The summed E-state index contributed by atoms with van der Waals surface area (Å²) in [6, 6.07) is 8.17.